The zero-order valence-corrected chi connectivity index (χ0v) is 14.8. The SMILES string of the molecule is NCC(=O)Nc1ccc(/N=N/c2ccccc2OCC2=CCC(=O)O2)c(N)n1. The highest BCUT2D eigenvalue weighted by molar-refractivity contribution is 5.91. The highest BCUT2D eigenvalue weighted by atomic mass is 16.6. The van der Waals surface area contributed by atoms with E-state index in [1.165, 1.54) is 0 Å². The molecule has 1 amide bonds. The number of aromatic nitrogens is 1. The van der Waals surface area contributed by atoms with Crippen molar-refractivity contribution in [2.45, 2.75) is 6.42 Å². The third-order valence-electron chi connectivity index (χ3n) is 3.60. The van der Waals surface area contributed by atoms with Crippen LogP contribution in [0, 0.1) is 0 Å². The number of cyclic esters (lactones) is 1. The fraction of sp³-hybridized carbons (Fsp3) is 0.167. The Labute approximate surface area is 160 Å². The van der Waals surface area contributed by atoms with Crippen LogP contribution in [0.25, 0.3) is 0 Å². The Morgan fingerprint density at radius 1 is 1.21 bits per heavy atom. The van der Waals surface area contributed by atoms with Crippen molar-refractivity contribution in [3.8, 4) is 5.75 Å². The van der Waals surface area contributed by atoms with Crippen molar-refractivity contribution >= 4 is 34.9 Å². The fourth-order valence-corrected chi connectivity index (χ4v) is 2.25. The number of carbonyl (C=O) groups is 2. The van der Waals surface area contributed by atoms with Crippen LogP contribution < -0.4 is 21.5 Å². The second kappa shape index (κ2) is 8.73. The number of carbonyl (C=O) groups excluding carboxylic acids is 2. The largest absolute Gasteiger partial charge is 0.483 e. The minimum absolute atomic E-state index is 0.0972. The Hall–Kier alpha value is -3.79. The summed E-state index contributed by atoms with van der Waals surface area (Å²) in [6, 6.07) is 10.1. The second-order valence-electron chi connectivity index (χ2n) is 5.66. The van der Waals surface area contributed by atoms with Gasteiger partial charge in [0.1, 0.15) is 35.3 Å². The Morgan fingerprint density at radius 3 is 2.71 bits per heavy atom. The number of anilines is 2. The molecule has 0 saturated carbocycles. The molecule has 5 N–H and O–H groups in total. The second-order valence-corrected chi connectivity index (χ2v) is 5.66. The number of nitrogens with zero attached hydrogens (tertiary/aromatic N) is 3. The van der Waals surface area contributed by atoms with Gasteiger partial charge in [0.25, 0.3) is 0 Å². The number of esters is 1. The van der Waals surface area contributed by atoms with Crippen molar-refractivity contribution in [3.05, 3.63) is 48.2 Å². The molecule has 0 spiro atoms. The number of hydrogen-bond acceptors (Lipinski definition) is 9. The van der Waals surface area contributed by atoms with Crippen LogP contribution in [0.5, 0.6) is 5.75 Å². The van der Waals surface area contributed by atoms with Crippen LogP contribution in [0.3, 0.4) is 0 Å². The molecule has 2 heterocycles. The molecular formula is C18H18N6O4. The molecule has 1 aliphatic heterocycles. The average molecular weight is 382 g/mol. The smallest absolute Gasteiger partial charge is 0.314 e. The molecule has 144 valence electrons. The van der Waals surface area contributed by atoms with Gasteiger partial charge in [0.05, 0.1) is 13.0 Å². The van der Waals surface area contributed by atoms with Gasteiger partial charge in [-0.3, -0.25) is 9.59 Å². The van der Waals surface area contributed by atoms with Crippen LogP contribution in [0.4, 0.5) is 23.0 Å². The lowest BCUT2D eigenvalue weighted by Gasteiger charge is -2.08. The van der Waals surface area contributed by atoms with Crippen molar-refractivity contribution in [1.82, 2.24) is 4.98 Å². The summed E-state index contributed by atoms with van der Waals surface area (Å²) in [5.74, 6) is 0.611. The standard InChI is InChI=1S/C18H18N6O4/c19-9-16(25)21-15-7-6-13(18(20)22-15)24-23-12-3-1-2-4-14(12)27-10-11-5-8-17(26)28-11/h1-7H,8-10,19H2,(H3,20,21,22,25)/b24-23+. The summed E-state index contributed by atoms with van der Waals surface area (Å²) >= 11 is 0. The highest BCUT2D eigenvalue weighted by Gasteiger charge is 2.15. The molecule has 10 nitrogen and oxygen atoms in total. The van der Waals surface area contributed by atoms with Gasteiger partial charge in [-0.05, 0) is 30.3 Å². The number of benzene rings is 1. The van der Waals surface area contributed by atoms with E-state index in [4.69, 9.17) is 20.9 Å². The molecule has 10 heteroatoms. The molecule has 1 aromatic heterocycles. The minimum Gasteiger partial charge on any atom is -0.483 e. The van der Waals surface area contributed by atoms with Gasteiger partial charge in [-0.1, -0.05) is 12.1 Å². The monoisotopic (exact) mass is 382 g/mol. The Morgan fingerprint density at radius 2 is 2.00 bits per heavy atom. The topological polar surface area (TPSA) is 154 Å². The Balaban J connectivity index is 1.70. The molecule has 0 aliphatic carbocycles. The third-order valence-corrected chi connectivity index (χ3v) is 3.60. The maximum Gasteiger partial charge on any atom is 0.314 e. The van der Waals surface area contributed by atoms with Gasteiger partial charge in [-0.15, -0.1) is 10.2 Å². The molecule has 0 radical (unpaired) electrons. The summed E-state index contributed by atoms with van der Waals surface area (Å²) in [6.45, 7) is -0.0482. The summed E-state index contributed by atoms with van der Waals surface area (Å²) < 4.78 is 10.7. The first-order valence-corrected chi connectivity index (χ1v) is 8.35. The minimum atomic E-state index is -0.379. The highest BCUT2D eigenvalue weighted by Crippen LogP contribution is 2.31. The molecule has 2 aromatic rings. The van der Waals surface area contributed by atoms with E-state index in [0.717, 1.165) is 0 Å². The van der Waals surface area contributed by atoms with Crippen molar-refractivity contribution in [3.63, 3.8) is 0 Å². The molecule has 0 fully saturated rings. The van der Waals surface area contributed by atoms with E-state index in [1.54, 1.807) is 42.5 Å². The molecular weight excluding hydrogens is 364 g/mol. The van der Waals surface area contributed by atoms with E-state index in [9.17, 15) is 9.59 Å². The summed E-state index contributed by atoms with van der Waals surface area (Å²) in [5, 5.41) is 10.7. The molecule has 0 bridgehead atoms. The summed E-state index contributed by atoms with van der Waals surface area (Å²) in [7, 11) is 0. The molecule has 1 aliphatic rings. The number of rotatable bonds is 7. The number of hydrogen-bond donors (Lipinski definition) is 3. The predicted molar refractivity (Wildman–Crippen MR) is 101 cm³/mol. The van der Waals surface area contributed by atoms with Crippen molar-refractivity contribution < 1.29 is 19.1 Å². The number of amides is 1. The van der Waals surface area contributed by atoms with Crippen LogP contribution in [-0.2, 0) is 14.3 Å². The van der Waals surface area contributed by atoms with E-state index >= 15 is 0 Å². The number of nitrogens with one attached hydrogen (secondary N) is 1. The van der Waals surface area contributed by atoms with Crippen molar-refractivity contribution in [1.29, 1.82) is 0 Å². The van der Waals surface area contributed by atoms with Crippen LogP contribution >= 0.6 is 0 Å². The normalized spacial score (nSPS) is 13.3. The Bertz CT molecular complexity index is 957. The molecule has 0 saturated heterocycles. The van der Waals surface area contributed by atoms with Gasteiger partial charge in [-0.25, -0.2) is 4.98 Å². The average Bonchev–Trinajstić information content (AvgIpc) is 3.11. The van der Waals surface area contributed by atoms with Crippen molar-refractivity contribution in [2.75, 3.05) is 24.2 Å². The first-order valence-electron chi connectivity index (χ1n) is 8.35. The first-order chi connectivity index (χ1) is 13.5. The van der Waals surface area contributed by atoms with Crippen LogP contribution in [-0.4, -0.2) is 30.0 Å². The zero-order valence-electron chi connectivity index (χ0n) is 14.8. The van der Waals surface area contributed by atoms with E-state index in [0.29, 0.717) is 22.9 Å². The van der Waals surface area contributed by atoms with Crippen LogP contribution in [0.1, 0.15) is 6.42 Å². The maximum absolute atomic E-state index is 11.3. The zero-order chi connectivity index (χ0) is 19.9. The molecule has 0 unspecified atom stereocenters. The quantitative estimate of drug-likeness (QED) is 0.490. The van der Waals surface area contributed by atoms with Gasteiger partial charge < -0.3 is 26.3 Å². The van der Waals surface area contributed by atoms with E-state index in [1.807, 2.05) is 0 Å². The number of ether oxygens (including phenoxy) is 2. The van der Waals surface area contributed by atoms with Crippen LogP contribution in [0.2, 0.25) is 0 Å². The number of nitrogen functional groups attached to an aromatic ring is 1. The van der Waals surface area contributed by atoms with E-state index in [-0.39, 0.29) is 43.1 Å². The molecule has 0 atom stereocenters. The molecule has 3 rings (SSSR count). The molecule has 1 aromatic carbocycles. The van der Waals surface area contributed by atoms with Gasteiger partial charge >= 0.3 is 5.97 Å². The summed E-state index contributed by atoms with van der Waals surface area (Å²) in [5.41, 5.74) is 11.9. The van der Waals surface area contributed by atoms with Gasteiger partial charge in [0, 0.05) is 0 Å². The lowest BCUT2D eigenvalue weighted by Crippen LogP contribution is -2.22. The van der Waals surface area contributed by atoms with Gasteiger partial charge in [0.2, 0.25) is 5.91 Å². The van der Waals surface area contributed by atoms with Gasteiger partial charge in [-0.2, -0.15) is 0 Å². The van der Waals surface area contributed by atoms with E-state index < -0.39 is 0 Å². The van der Waals surface area contributed by atoms with Gasteiger partial charge in [0.15, 0.2) is 5.82 Å². The lowest BCUT2D eigenvalue weighted by molar-refractivity contribution is -0.137. The predicted octanol–water partition coefficient (Wildman–Crippen LogP) is 2.19. The number of pyridine rings is 1. The fourth-order valence-electron chi connectivity index (χ4n) is 2.25. The lowest BCUT2D eigenvalue weighted by atomic mass is 10.3. The Kier molecular flexibility index (Phi) is 5.92. The van der Waals surface area contributed by atoms with Crippen molar-refractivity contribution in [2.24, 2.45) is 16.0 Å². The first kappa shape index (κ1) is 19.0. The number of azo groups is 1. The van der Waals surface area contributed by atoms with E-state index in [2.05, 4.69) is 20.5 Å². The summed E-state index contributed by atoms with van der Waals surface area (Å²) in [6.07, 6.45) is 1.91. The summed E-state index contributed by atoms with van der Waals surface area (Å²) in [4.78, 5) is 26.4. The van der Waals surface area contributed by atoms with Crippen LogP contribution in [0.15, 0.2) is 58.5 Å². The maximum atomic E-state index is 11.3. The number of nitrogens with two attached hydrogens (primary N) is 2. The third kappa shape index (κ3) is 4.89. The molecule has 28 heavy (non-hydrogen) atoms. The number of para-hydroxylation sites is 1.